The highest BCUT2D eigenvalue weighted by molar-refractivity contribution is 5.70. The Morgan fingerprint density at radius 1 is 0.278 bits per heavy atom. The molecule has 10 nitrogen and oxygen atoms in total. The molecule has 10 heteroatoms. The minimum atomic E-state index is -0.815. The molecule has 0 aromatic heterocycles. The van der Waals surface area contributed by atoms with E-state index in [2.05, 4.69) is 173 Å². The number of benzene rings is 12. The zero-order valence-electron chi connectivity index (χ0n) is 62.9. The maximum atomic E-state index is 11.1. The first-order valence-corrected chi connectivity index (χ1v) is 38.2. The maximum absolute atomic E-state index is 11.1. The van der Waals surface area contributed by atoms with Crippen LogP contribution in [-0.4, -0.2) is 75.9 Å². The van der Waals surface area contributed by atoms with Gasteiger partial charge < -0.3 is 49.6 Å². The van der Waals surface area contributed by atoms with Gasteiger partial charge in [-0.1, -0.05) is 194 Å². The molecule has 6 N–H and O–H groups in total. The number of aromatic hydroxyl groups is 4. The van der Waals surface area contributed by atoms with Gasteiger partial charge in [-0.3, -0.25) is 0 Å². The largest absolute Gasteiger partial charge is 0.508 e. The summed E-state index contributed by atoms with van der Waals surface area (Å²) in [6, 6.07) is 86.1. The Kier molecular flexibility index (Phi) is 27.1. The molecule has 108 heavy (non-hydrogen) atoms. The Morgan fingerprint density at radius 3 is 1.19 bits per heavy atom. The van der Waals surface area contributed by atoms with Crippen LogP contribution in [0.3, 0.4) is 0 Å². The lowest BCUT2D eigenvalue weighted by Crippen LogP contribution is -2.25. The van der Waals surface area contributed by atoms with Crippen LogP contribution in [-0.2, 0) is 68.9 Å². The van der Waals surface area contributed by atoms with Crippen LogP contribution in [0.15, 0.2) is 255 Å². The second kappa shape index (κ2) is 38.1. The van der Waals surface area contributed by atoms with E-state index in [1.807, 2.05) is 91.0 Å². The number of rotatable bonds is 37. The lowest BCUT2D eigenvalue weighted by Gasteiger charge is -2.18. The molecule has 12 rings (SSSR count). The van der Waals surface area contributed by atoms with Crippen molar-refractivity contribution < 1.29 is 49.6 Å². The van der Waals surface area contributed by atoms with Gasteiger partial charge in [0.2, 0.25) is 0 Å². The van der Waals surface area contributed by atoms with Gasteiger partial charge in [-0.05, 0) is 293 Å². The summed E-state index contributed by atoms with van der Waals surface area (Å²) in [6.07, 6.45) is 11.2. The second-order valence-corrected chi connectivity index (χ2v) is 29.4. The first-order chi connectivity index (χ1) is 52.5. The standard InChI is InChI=1S/C98H102O10/c1-67-44-87(45-68(2)94(67)33-10-11-43-105-63-90(100)64-106-93-32-17-28-81(60-93)53-75-22-13-23-76(50-75)54-83-40-42-86(97(104)62-83)57-79-26-14-24-77(51-79)52-80-27-15-30-89(99)58-80)88-46-69(3)98(70(4)47-88)108-66-91(101)65-107-92-31-16-21-72(59-92)19-7-5-6-18-71-20-12-25-78(48-71)56-85-41-39-82(61-96(85)103)49-73-35-37-74(38-36-73)55-84-29-8-9-34-95(84)102/h8-9,12-17,20-32,34-42,44-48,50-51,58-62,90-91,99-104H,5-7,10-11,18-19,33,43,49,52-57,63-66H2,1-4H3. The lowest BCUT2D eigenvalue weighted by molar-refractivity contribution is 0.0111. The number of aliphatic hydroxyl groups is 2. The molecule has 12 aromatic rings. The molecular formula is C98H102O10. The van der Waals surface area contributed by atoms with E-state index in [0.717, 1.165) is 166 Å². The van der Waals surface area contributed by atoms with E-state index in [9.17, 15) is 30.6 Å². The third-order valence-electron chi connectivity index (χ3n) is 20.3. The predicted molar refractivity (Wildman–Crippen MR) is 435 cm³/mol. The van der Waals surface area contributed by atoms with E-state index in [1.165, 1.54) is 44.5 Å². The van der Waals surface area contributed by atoms with Gasteiger partial charge in [0.05, 0.1) is 6.61 Å². The fourth-order valence-electron chi connectivity index (χ4n) is 14.7. The van der Waals surface area contributed by atoms with Gasteiger partial charge in [-0.2, -0.15) is 0 Å². The molecule has 0 aliphatic rings. The number of hydrogen-bond acceptors (Lipinski definition) is 10. The predicted octanol–water partition coefficient (Wildman–Crippen LogP) is 20.1. The van der Waals surface area contributed by atoms with Crippen LogP contribution in [0.4, 0.5) is 0 Å². The van der Waals surface area contributed by atoms with E-state index in [-0.39, 0.29) is 32.2 Å². The monoisotopic (exact) mass is 1440 g/mol. The van der Waals surface area contributed by atoms with Crippen LogP contribution in [0.25, 0.3) is 11.1 Å². The second-order valence-electron chi connectivity index (χ2n) is 29.4. The van der Waals surface area contributed by atoms with Crippen LogP contribution in [0, 0.1) is 27.7 Å². The number of hydrogen-bond donors (Lipinski definition) is 6. The van der Waals surface area contributed by atoms with Crippen molar-refractivity contribution in [3.05, 3.63) is 372 Å². The van der Waals surface area contributed by atoms with Gasteiger partial charge in [-0.25, -0.2) is 0 Å². The van der Waals surface area contributed by atoms with Crippen molar-refractivity contribution in [3.63, 3.8) is 0 Å². The first kappa shape index (κ1) is 76.8. The summed E-state index contributed by atoms with van der Waals surface area (Å²) in [5.41, 5.74) is 25.8. The molecule has 0 spiro atoms. The molecule has 0 saturated heterocycles. The molecule has 0 amide bonds. The van der Waals surface area contributed by atoms with Crippen LogP contribution < -0.4 is 14.2 Å². The number of phenolic OH excluding ortho intramolecular Hbond substituents is 4. The lowest BCUT2D eigenvalue weighted by atomic mass is 9.91. The molecular weight excluding hydrogens is 1340 g/mol. The molecule has 12 aromatic carbocycles. The van der Waals surface area contributed by atoms with Crippen molar-refractivity contribution in [1.29, 1.82) is 0 Å². The number of aryl methyl sites for hydroxylation is 6. The third-order valence-corrected chi connectivity index (χ3v) is 20.3. The highest BCUT2D eigenvalue weighted by atomic mass is 16.5. The first-order valence-electron chi connectivity index (χ1n) is 38.2. The minimum absolute atomic E-state index is 0.111. The average molecular weight is 1440 g/mol. The zero-order chi connectivity index (χ0) is 75.1. The number of aliphatic hydroxyl groups excluding tert-OH is 2. The van der Waals surface area contributed by atoms with Crippen LogP contribution >= 0.6 is 0 Å². The third kappa shape index (κ3) is 22.8. The van der Waals surface area contributed by atoms with Gasteiger partial charge in [0, 0.05) is 25.9 Å². The summed E-state index contributed by atoms with van der Waals surface area (Å²) in [4.78, 5) is 0. The summed E-state index contributed by atoms with van der Waals surface area (Å²) in [5.74, 6) is 3.41. The zero-order valence-corrected chi connectivity index (χ0v) is 62.9. The van der Waals surface area contributed by atoms with Crippen LogP contribution in [0.2, 0.25) is 0 Å². The van der Waals surface area contributed by atoms with E-state index in [1.54, 1.807) is 18.2 Å². The summed E-state index contributed by atoms with van der Waals surface area (Å²) in [5, 5.41) is 64.2. The van der Waals surface area contributed by atoms with Crippen molar-refractivity contribution in [2.24, 2.45) is 0 Å². The fourth-order valence-corrected chi connectivity index (χ4v) is 14.7. The number of ether oxygens (including phenoxy) is 4. The van der Waals surface area contributed by atoms with Crippen molar-refractivity contribution in [1.82, 2.24) is 0 Å². The molecule has 0 saturated carbocycles. The fraction of sp³-hybridized carbons (Fsp3) is 0.265. The van der Waals surface area contributed by atoms with Gasteiger partial charge in [0.25, 0.3) is 0 Å². The summed E-state index contributed by atoms with van der Waals surface area (Å²) in [6.45, 7) is 9.61. The van der Waals surface area contributed by atoms with E-state index in [0.29, 0.717) is 55.3 Å². The topological polar surface area (TPSA) is 158 Å². The molecule has 0 fully saturated rings. The summed E-state index contributed by atoms with van der Waals surface area (Å²) >= 11 is 0. The minimum Gasteiger partial charge on any atom is -0.508 e. The summed E-state index contributed by atoms with van der Waals surface area (Å²) < 4.78 is 24.4. The molecule has 2 unspecified atom stereocenters. The quantitative estimate of drug-likeness (QED) is 0.0207. The normalized spacial score (nSPS) is 11.9. The SMILES string of the molecule is Cc1cc(-c2cc(C)c(OCC(O)COc3cccc(CCCCCc4cccc(Cc5ccc(Cc6ccc(Cc7ccccc7O)cc6)cc5O)c4)c3)c(C)c2)cc(C)c1CCCCOCC(O)COc1cccc(Cc2cccc(Cc3ccc(Cc4cccc(Cc5cccc(O)c5)c4)c(O)c3)c2)c1. The van der Waals surface area contributed by atoms with Gasteiger partial charge >= 0.3 is 0 Å². The molecule has 0 heterocycles. The molecule has 0 aliphatic heterocycles. The Bertz CT molecular complexity index is 4890. The highest BCUT2D eigenvalue weighted by Gasteiger charge is 2.17. The van der Waals surface area contributed by atoms with Gasteiger partial charge in [-0.15, -0.1) is 0 Å². The molecule has 0 aliphatic carbocycles. The smallest absolute Gasteiger partial charge is 0.125 e. The molecule has 0 radical (unpaired) electrons. The van der Waals surface area contributed by atoms with Crippen LogP contribution in [0.1, 0.15) is 149 Å². The van der Waals surface area contributed by atoms with Crippen LogP contribution in [0.5, 0.6) is 40.2 Å². The van der Waals surface area contributed by atoms with E-state index in [4.69, 9.17) is 18.9 Å². The summed E-state index contributed by atoms with van der Waals surface area (Å²) in [7, 11) is 0. The number of unbranched alkanes of at least 4 members (excludes halogenated alkanes) is 3. The average Bonchev–Trinajstić information content (AvgIpc) is 0.796. The van der Waals surface area contributed by atoms with Crippen molar-refractivity contribution >= 4 is 0 Å². The van der Waals surface area contributed by atoms with Gasteiger partial charge in [0.1, 0.15) is 72.3 Å². The molecule has 554 valence electrons. The molecule has 0 bridgehead atoms. The maximum Gasteiger partial charge on any atom is 0.125 e. The van der Waals surface area contributed by atoms with E-state index < -0.39 is 12.2 Å². The van der Waals surface area contributed by atoms with E-state index >= 15 is 0 Å². The Hall–Kier alpha value is -10.9. The van der Waals surface area contributed by atoms with Crippen molar-refractivity contribution in [2.75, 3.05) is 33.0 Å². The van der Waals surface area contributed by atoms with Gasteiger partial charge in [0.15, 0.2) is 0 Å². The van der Waals surface area contributed by atoms with Crippen molar-refractivity contribution in [3.8, 4) is 51.4 Å². The Morgan fingerprint density at radius 2 is 0.657 bits per heavy atom. The van der Waals surface area contributed by atoms with Crippen molar-refractivity contribution in [2.45, 2.75) is 136 Å². The Labute approximate surface area is 638 Å². The molecule has 2 atom stereocenters. The Balaban J connectivity index is 0.511. The number of phenols is 4. The highest BCUT2D eigenvalue weighted by Crippen LogP contribution is 2.35. The number of para-hydroxylation sites is 1.